The van der Waals surface area contributed by atoms with Gasteiger partial charge in [0.1, 0.15) is 5.60 Å². The first-order chi connectivity index (χ1) is 7.83. The quantitative estimate of drug-likeness (QED) is 0.700. The Kier molecular flexibility index (Phi) is 4.48. The van der Waals surface area contributed by atoms with E-state index in [9.17, 15) is 14.0 Å². The molecule has 0 spiro atoms. The van der Waals surface area contributed by atoms with Crippen LogP contribution in [0, 0.1) is 5.92 Å². The lowest BCUT2D eigenvalue weighted by atomic mass is 9.94. The summed E-state index contributed by atoms with van der Waals surface area (Å²) >= 11 is 0. The van der Waals surface area contributed by atoms with Gasteiger partial charge >= 0.3 is 6.09 Å². The molecule has 0 aliphatic carbocycles. The summed E-state index contributed by atoms with van der Waals surface area (Å²) < 4.78 is 18.5. The highest BCUT2D eigenvalue weighted by atomic mass is 19.1. The maximum atomic E-state index is 13.2. The monoisotopic (exact) mass is 245 g/mol. The lowest BCUT2D eigenvalue weighted by molar-refractivity contribution is -0.114. The fourth-order valence-electron chi connectivity index (χ4n) is 1.87. The Morgan fingerprint density at radius 3 is 2.71 bits per heavy atom. The molecule has 17 heavy (non-hydrogen) atoms. The molecule has 4 nitrogen and oxygen atoms in total. The minimum absolute atomic E-state index is 0.259. The number of alkyl halides is 1. The van der Waals surface area contributed by atoms with E-state index in [4.69, 9.17) is 4.74 Å². The third-order valence-electron chi connectivity index (χ3n) is 2.69. The standard InChI is InChI=1S/C12H20FNO3/c1-12(2,3)17-11(16)14-6-4-5-9(7-14)10(13)8-15/h8-10H,4-7H2,1-3H3. The summed E-state index contributed by atoms with van der Waals surface area (Å²) in [5.74, 6) is -0.395. The predicted octanol–water partition coefficient (Wildman–Crippen LogP) is 2.17. The largest absolute Gasteiger partial charge is 0.444 e. The Balaban J connectivity index is 2.54. The molecule has 1 amide bonds. The molecule has 0 aromatic heterocycles. The number of hydrogen-bond acceptors (Lipinski definition) is 3. The molecule has 1 fully saturated rings. The fourth-order valence-corrected chi connectivity index (χ4v) is 1.87. The molecular formula is C12H20FNO3. The van der Waals surface area contributed by atoms with Crippen molar-refractivity contribution in [3.63, 3.8) is 0 Å². The molecule has 1 saturated heterocycles. The van der Waals surface area contributed by atoms with E-state index < -0.39 is 23.8 Å². The number of likely N-dealkylation sites (tertiary alicyclic amines) is 1. The number of amides is 1. The average molecular weight is 245 g/mol. The Hall–Kier alpha value is -1.13. The summed E-state index contributed by atoms with van der Waals surface area (Å²) in [5, 5.41) is 0. The number of aldehydes is 1. The van der Waals surface area contributed by atoms with Crippen molar-refractivity contribution in [1.29, 1.82) is 0 Å². The first-order valence-corrected chi connectivity index (χ1v) is 5.91. The van der Waals surface area contributed by atoms with Gasteiger partial charge < -0.3 is 14.4 Å². The van der Waals surface area contributed by atoms with Gasteiger partial charge in [0.05, 0.1) is 0 Å². The normalized spacial score (nSPS) is 23.1. The summed E-state index contributed by atoms with van der Waals surface area (Å²) in [6.07, 6.45) is -0.263. The molecule has 1 rings (SSSR count). The number of carbonyl (C=O) groups is 2. The number of rotatable bonds is 2. The lowest BCUT2D eigenvalue weighted by Crippen LogP contribution is -2.45. The van der Waals surface area contributed by atoms with Crippen molar-refractivity contribution in [3.8, 4) is 0 Å². The molecule has 0 aromatic rings. The van der Waals surface area contributed by atoms with E-state index in [0.29, 0.717) is 25.7 Å². The maximum absolute atomic E-state index is 13.2. The minimum Gasteiger partial charge on any atom is -0.444 e. The van der Waals surface area contributed by atoms with Crippen LogP contribution in [0.1, 0.15) is 33.6 Å². The smallest absolute Gasteiger partial charge is 0.410 e. The third-order valence-corrected chi connectivity index (χ3v) is 2.69. The maximum Gasteiger partial charge on any atom is 0.410 e. The zero-order chi connectivity index (χ0) is 13.1. The van der Waals surface area contributed by atoms with E-state index in [1.807, 2.05) is 0 Å². The topological polar surface area (TPSA) is 46.6 Å². The minimum atomic E-state index is -1.49. The van der Waals surface area contributed by atoms with Crippen molar-refractivity contribution < 1.29 is 18.7 Å². The van der Waals surface area contributed by atoms with Crippen molar-refractivity contribution in [2.75, 3.05) is 13.1 Å². The van der Waals surface area contributed by atoms with Crippen LogP contribution in [0.15, 0.2) is 0 Å². The molecule has 98 valence electrons. The van der Waals surface area contributed by atoms with Crippen LogP contribution in [0.25, 0.3) is 0 Å². The lowest BCUT2D eigenvalue weighted by Gasteiger charge is -2.34. The number of nitrogens with zero attached hydrogens (tertiary/aromatic N) is 1. The zero-order valence-electron chi connectivity index (χ0n) is 10.6. The van der Waals surface area contributed by atoms with Crippen molar-refractivity contribution in [2.45, 2.75) is 45.4 Å². The van der Waals surface area contributed by atoms with Gasteiger partial charge in [-0.05, 0) is 33.6 Å². The van der Waals surface area contributed by atoms with Gasteiger partial charge in [-0.3, -0.25) is 0 Å². The summed E-state index contributed by atoms with van der Waals surface area (Å²) in [6.45, 7) is 6.19. The molecule has 0 radical (unpaired) electrons. The summed E-state index contributed by atoms with van der Waals surface area (Å²) in [7, 11) is 0. The fraction of sp³-hybridized carbons (Fsp3) is 0.833. The third kappa shape index (κ3) is 4.32. The van der Waals surface area contributed by atoms with Crippen molar-refractivity contribution in [1.82, 2.24) is 4.90 Å². The van der Waals surface area contributed by atoms with Gasteiger partial charge in [-0.15, -0.1) is 0 Å². The number of hydrogen-bond donors (Lipinski definition) is 0. The van der Waals surface area contributed by atoms with Crippen LogP contribution in [0.3, 0.4) is 0 Å². The first-order valence-electron chi connectivity index (χ1n) is 5.91. The van der Waals surface area contributed by atoms with Gasteiger partial charge in [-0.25, -0.2) is 9.18 Å². The second kappa shape index (κ2) is 5.47. The van der Waals surface area contributed by atoms with Crippen LogP contribution < -0.4 is 0 Å². The molecule has 5 heteroatoms. The van der Waals surface area contributed by atoms with Crippen molar-refractivity contribution in [2.24, 2.45) is 5.92 Å². The Morgan fingerprint density at radius 1 is 1.53 bits per heavy atom. The molecule has 1 aliphatic rings. The van der Waals surface area contributed by atoms with Gasteiger partial charge in [0.15, 0.2) is 12.5 Å². The van der Waals surface area contributed by atoms with E-state index in [1.54, 1.807) is 20.8 Å². The van der Waals surface area contributed by atoms with E-state index in [1.165, 1.54) is 4.90 Å². The van der Waals surface area contributed by atoms with Crippen LogP contribution in [0.2, 0.25) is 0 Å². The van der Waals surface area contributed by atoms with Crippen molar-refractivity contribution >= 4 is 12.4 Å². The van der Waals surface area contributed by atoms with Crippen LogP contribution in [0.4, 0.5) is 9.18 Å². The Labute approximate surface area is 101 Å². The van der Waals surface area contributed by atoms with E-state index in [2.05, 4.69) is 0 Å². The van der Waals surface area contributed by atoms with Crippen molar-refractivity contribution in [3.05, 3.63) is 0 Å². The van der Waals surface area contributed by atoms with Gasteiger partial charge in [-0.1, -0.05) is 0 Å². The van der Waals surface area contributed by atoms with Crippen LogP contribution in [-0.2, 0) is 9.53 Å². The Morgan fingerprint density at radius 2 is 2.18 bits per heavy atom. The van der Waals surface area contributed by atoms with Gasteiger partial charge in [0.2, 0.25) is 0 Å². The summed E-state index contributed by atoms with van der Waals surface area (Å²) in [4.78, 5) is 23.6. The van der Waals surface area contributed by atoms with Gasteiger partial charge in [-0.2, -0.15) is 0 Å². The number of halogens is 1. The molecule has 1 aliphatic heterocycles. The SMILES string of the molecule is CC(C)(C)OC(=O)N1CCCC(C(F)C=O)C1. The molecular weight excluding hydrogens is 225 g/mol. The summed E-state index contributed by atoms with van der Waals surface area (Å²) in [6, 6.07) is 0. The molecule has 0 saturated carbocycles. The number of carbonyl (C=O) groups excluding carboxylic acids is 2. The highest BCUT2D eigenvalue weighted by molar-refractivity contribution is 5.68. The van der Waals surface area contributed by atoms with Crippen LogP contribution in [0.5, 0.6) is 0 Å². The molecule has 0 aromatic carbocycles. The first kappa shape index (κ1) is 13.9. The highest BCUT2D eigenvalue weighted by Gasteiger charge is 2.31. The van der Waals surface area contributed by atoms with Crippen LogP contribution in [-0.4, -0.2) is 42.1 Å². The molecule has 0 bridgehead atoms. The van der Waals surface area contributed by atoms with E-state index in [-0.39, 0.29) is 6.54 Å². The molecule has 1 heterocycles. The highest BCUT2D eigenvalue weighted by Crippen LogP contribution is 2.22. The number of ether oxygens (including phenoxy) is 1. The Bertz CT molecular complexity index is 288. The second-order valence-electron chi connectivity index (χ2n) is 5.41. The molecule has 2 unspecified atom stereocenters. The number of piperidine rings is 1. The van der Waals surface area contributed by atoms with E-state index >= 15 is 0 Å². The summed E-state index contributed by atoms with van der Waals surface area (Å²) in [5.41, 5.74) is -0.552. The predicted molar refractivity (Wildman–Crippen MR) is 61.5 cm³/mol. The average Bonchev–Trinajstić information content (AvgIpc) is 2.26. The molecule has 0 N–H and O–H groups in total. The second-order valence-corrected chi connectivity index (χ2v) is 5.41. The zero-order valence-corrected chi connectivity index (χ0v) is 10.6. The van der Waals surface area contributed by atoms with Crippen LogP contribution >= 0.6 is 0 Å². The molecule has 2 atom stereocenters. The van der Waals surface area contributed by atoms with Gasteiger partial charge in [0.25, 0.3) is 0 Å². The van der Waals surface area contributed by atoms with E-state index in [0.717, 1.165) is 0 Å². The van der Waals surface area contributed by atoms with Gasteiger partial charge in [0, 0.05) is 19.0 Å².